The van der Waals surface area contributed by atoms with Crippen LogP contribution in [0.4, 0.5) is 5.69 Å². The summed E-state index contributed by atoms with van der Waals surface area (Å²) in [4.78, 5) is 8.26. The second kappa shape index (κ2) is 6.52. The van der Waals surface area contributed by atoms with E-state index in [0.717, 1.165) is 22.1 Å². The molecule has 0 saturated heterocycles. The summed E-state index contributed by atoms with van der Waals surface area (Å²) < 4.78 is 6.51. The average molecular weight is 380 g/mol. The van der Waals surface area contributed by atoms with Gasteiger partial charge in [-0.25, -0.2) is 9.97 Å². The number of hydrogen-bond acceptors (Lipinski definition) is 5. The van der Waals surface area contributed by atoms with Gasteiger partial charge in [0, 0.05) is 11.8 Å². The van der Waals surface area contributed by atoms with Crippen LogP contribution in [0.15, 0.2) is 24.5 Å². The Bertz CT molecular complexity index is 643. The Labute approximate surface area is 130 Å². The number of halogens is 1. The predicted molar refractivity (Wildman–Crippen MR) is 84.4 cm³/mol. The smallest absolute Gasteiger partial charge is 0.222 e. The van der Waals surface area contributed by atoms with Crippen molar-refractivity contribution in [2.75, 3.05) is 5.73 Å². The predicted octanol–water partition coefficient (Wildman–Crippen LogP) is 3.28. The molecule has 0 fully saturated rings. The Hall–Kier alpha value is -1.88. The lowest BCUT2D eigenvalue weighted by atomic mass is 10.2. The third-order valence-electron chi connectivity index (χ3n) is 2.61. The molecule has 0 aliphatic rings. The molecule has 0 bridgehead atoms. The van der Waals surface area contributed by atoms with Crippen LogP contribution in [0.5, 0.6) is 11.6 Å². The first-order chi connectivity index (χ1) is 9.63. The van der Waals surface area contributed by atoms with Crippen LogP contribution in [0.1, 0.15) is 24.6 Å². The van der Waals surface area contributed by atoms with Crippen molar-refractivity contribution in [2.24, 2.45) is 0 Å². The number of aromatic nitrogens is 2. The lowest BCUT2D eigenvalue weighted by Gasteiger charge is -2.10. The molecule has 102 valence electrons. The van der Waals surface area contributed by atoms with Crippen molar-refractivity contribution in [3.05, 3.63) is 39.4 Å². The largest absolute Gasteiger partial charge is 0.436 e. The van der Waals surface area contributed by atoms with E-state index in [1.54, 1.807) is 18.2 Å². The Balaban J connectivity index is 2.31. The molecule has 1 aromatic carbocycles. The summed E-state index contributed by atoms with van der Waals surface area (Å²) >= 11 is 2.09. The van der Waals surface area contributed by atoms with Gasteiger partial charge in [0.25, 0.3) is 0 Å². The van der Waals surface area contributed by atoms with Crippen LogP contribution in [0, 0.1) is 14.9 Å². The average Bonchev–Trinajstić information content (AvgIpc) is 2.43. The van der Waals surface area contributed by atoms with Crippen LogP contribution >= 0.6 is 22.6 Å². The molecule has 20 heavy (non-hydrogen) atoms. The fourth-order valence-corrected chi connectivity index (χ4v) is 2.47. The molecule has 0 spiro atoms. The normalized spacial score (nSPS) is 10.1. The highest BCUT2D eigenvalue weighted by Gasteiger charge is 2.11. The number of nitrogens with two attached hydrogens (primary N) is 1. The Morgan fingerprint density at radius 1 is 1.35 bits per heavy atom. The molecule has 0 saturated carbocycles. The van der Waals surface area contributed by atoms with Gasteiger partial charge in [-0.1, -0.05) is 13.3 Å². The summed E-state index contributed by atoms with van der Waals surface area (Å²) in [7, 11) is 0. The van der Waals surface area contributed by atoms with Crippen LogP contribution in [-0.2, 0) is 6.42 Å². The standard InChI is InChI=1S/C14H13IN4O/c1-2-3-10-6-13(19-8-18-10)20-14-11(15)4-9(7-16)5-12(14)17/h4-6,8H,2-3,17H2,1H3. The number of nitrogens with zero attached hydrogens (tertiary/aromatic N) is 3. The molecular formula is C14H13IN4O. The van der Waals surface area contributed by atoms with Crippen molar-refractivity contribution < 1.29 is 4.74 Å². The number of anilines is 1. The van der Waals surface area contributed by atoms with Gasteiger partial charge in [0.2, 0.25) is 5.88 Å². The van der Waals surface area contributed by atoms with Crippen LogP contribution in [0.25, 0.3) is 0 Å². The quantitative estimate of drug-likeness (QED) is 0.650. The highest BCUT2D eigenvalue weighted by atomic mass is 127. The molecule has 0 atom stereocenters. The first-order valence-corrected chi connectivity index (χ1v) is 7.19. The summed E-state index contributed by atoms with van der Waals surface area (Å²) in [5, 5.41) is 8.89. The van der Waals surface area contributed by atoms with Gasteiger partial charge < -0.3 is 10.5 Å². The number of hydrogen-bond donors (Lipinski definition) is 1. The topological polar surface area (TPSA) is 84.8 Å². The minimum atomic E-state index is 0.420. The molecule has 1 heterocycles. The van der Waals surface area contributed by atoms with Crippen molar-refractivity contribution in [3.8, 4) is 17.7 Å². The Morgan fingerprint density at radius 2 is 2.15 bits per heavy atom. The lowest BCUT2D eigenvalue weighted by molar-refractivity contribution is 0.459. The van der Waals surface area contributed by atoms with Crippen molar-refractivity contribution in [2.45, 2.75) is 19.8 Å². The second-order valence-corrected chi connectivity index (χ2v) is 5.35. The van der Waals surface area contributed by atoms with Gasteiger partial charge in [-0.05, 0) is 41.1 Å². The van der Waals surface area contributed by atoms with Crippen molar-refractivity contribution in [3.63, 3.8) is 0 Å². The van der Waals surface area contributed by atoms with Crippen LogP contribution in [0.2, 0.25) is 0 Å². The van der Waals surface area contributed by atoms with Gasteiger partial charge in [0.15, 0.2) is 5.75 Å². The highest BCUT2D eigenvalue weighted by molar-refractivity contribution is 14.1. The third-order valence-corrected chi connectivity index (χ3v) is 3.41. The van der Waals surface area contributed by atoms with Crippen LogP contribution < -0.4 is 10.5 Å². The van der Waals surface area contributed by atoms with Crippen molar-refractivity contribution in [1.82, 2.24) is 9.97 Å². The van der Waals surface area contributed by atoms with E-state index in [0.29, 0.717) is 22.9 Å². The minimum Gasteiger partial charge on any atom is -0.436 e. The van der Waals surface area contributed by atoms with E-state index in [9.17, 15) is 0 Å². The third kappa shape index (κ3) is 3.36. The highest BCUT2D eigenvalue weighted by Crippen LogP contribution is 2.32. The zero-order valence-electron chi connectivity index (χ0n) is 10.9. The molecule has 0 unspecified atom stereocenters. The monoisotopic (exact) mass is 380 g/mol. The number of benzene rings is 1. The first-order valence-electron chi connectivity index (χ1n) is 6.12. The lowest BCUT2D eigenvalue weighted by Crippen LogP contribution is -1.99. The van der Waals surface area contributed by atoms with Crippen molar-refractivity contribution >= 4 is 28.3 Å². The van der Waals surface area contributed by atoms with E-state index >= 15 is 0 Å². The number of rotatable bonds is 4. The molecule has 5 nitrogen and oxygen atoms in total. The number of nitriles is 1. The van der Waals surface area contributed by atoms with E-state index in [1.165, 1.54) is 6.33 Å². The van der Waals surface area contributed by atoms with Gasteiger partial charge >= 0.3 is 0 Å². The van der Waals surface area contributed by atoms with Gasteiger partial charge in [-0.2, -0.15) is 5.26 Å². The second-order valence-electron chi connectivity index (χ2n) is 4.19. The fourth-order valence-electron chi connectivity index (χ4n) is 1.72. The molecular weight excluding hydrogens is 367 g/mol. The van der Waals surface area contributed by atoms with Crippen molar-refractivity contribution in [1.29, 1.82) is 5.26 Å². The number of aryl methyl sites for hydroxylation is 1. The van der Waals surface area contributed by atoms with Gasteiger partial charge in [0.05, 0.1) is 20.9 Å². The Kier molecular flexibility index (Phi) is 4.74. The van der Waals surface area contributed by atoms with Gasteiger partial charge in [-0.15, -0.1) is 0 Å². The maximum atomic E-state index is 8.89. The molecule has 2 rings (SSSR count). The van der Waals surface area contributed by atoms with E-state index in [1.807, 2.05) is 0 Å². The van der Waals surface area contributed by atoms with E-state index in [-0.39, 0.29) is 0 Å². The SMILES string of the molecule is CCCc1cc(Oc2c(N)cc(C#N)cc2I)ncn1. The Morgan fingerprint density at radius 3 is 2.80 bits per heavy atom. The molecule has 2 N–H and O–H groups in total. The molecule has 0 aliphatic carbocycles. The summed E-state index contributed by atoms with van der Waals surface area (Å²) in [6, 6.07) is 7.17. The zero-order chi connectivity index (χ0) is 14.5. The van der Waals surface area contributed by atoms with Gasteiger partial charge in [0.1, 0.15) is 6.33 Å². The number of nitrogen functional groups attached to an aromatic ring is 1. The van der Waals surface area contributed by atoms with E-state index in [4.69, 9.17) is 15.7 Å². The summed E-state index contributed by atoms with van der Waals surface area (Å²) in [6.07, 6.45) is 3.36. The van der Waals surface area contributed by atoms with E-state index in [2.05, 4.69) is 45.6 Å². The van der Waals surface area contributed by atoms with Crippen LogP contribution in [-0.4, -0.2) is 9.97 Å². The maximum absolute atomic E-state index is 8.89. The molecule has 0 amide bonds. The fraction of sp³-hybridized carbons (Fsp3) is 0.214. The molecule has 0 radical (unpaired) electrons. The summed E-state index contributed by atoms with van der Waals surface area (Å²) in [5.41, 5.74) is 7.78. The first kappa shape index (κ1) is 14.5. The zero-order valence-corrected chi connectivity index (χ0v) is 13.1. The van der Waals surface area contributed by atoms with Gasteiger partial charge in [-0.3, -0.25) is 0 Å². The molecule has 0 aliphatic heterocycles. The number of ether oxygens (including phenoxy) is 1. The molecule has 1 aromatic heterocycles. The molecule has 6 heteroatoms. The minimum absolute atomic E-state index is 0.420. The summed E-state index contributed by atoms with van der Waals surface area (Å²) in [5.74, 6) is 0.975. The maximum Gasteiger partial charge on any atom is 0.222 e. The van der Waals surface area contributed by atoms with Crippen LogP contribution in [0.3, 0.4) is 0 Å². The molecule has 2 aromatic rings. The summed E-state index contributed by atoms with van der Waals surface area (Å²) in [6.45, 7) is 2.09. The van der Waals surface area contributed by atoms with E-state index < -0.39 is 0 Å².